The fourth-order valence-corrected chi connectivity index (χ4v) is 2.91. The van der Waals surface area contributed by atoms with Crippen LogP contribution >= 0.6 is 0 Å². The summed E-state index contributed by atoms with van der Waals surface area (Å²) in [7, 11) is 0. The number of nitrogens with one attached hydrogen (secondary N) is 1. The molecule has 19 heavy (non-hydrogen) atoms. The van der Waals surface area contributed by atoms with E-state index in [4.69, 9.17) is 0 Å². The molecule has 0 bridgehead atoms. The Morgan fingerprint density at radius 2 is 1.74 bits per heavy atom. The third-order valence-corrected chi connectivity index (χ3v) is 3.89. The van der Waals surface area contributed by atoms with E-state index >= 15 is 0 Å². The molecule has 2 aliphatic heterocycles. The van der Waals surface area contributed by atoms with E-state index in [1.165, 1.54) is 10.5 Å². The van der Waals surface area contributed by atoms with E-state index in [-0.39, 0.29) is 11.8 Å². The number of benzene rings is 1. The number of nitrogens with zero attached hydrogens (tertiary/aromatic N) is 1. The van der Waals surface area contributed by atoms with Crippen LogP contribution in [0.25, 0.3) is 0 Å². The van der Waals surface area contributed by atoms with Crippen molar-refractivity contribution in [3.05, 3.63) is 29.3 Å². The lowest BCUT2D eigenvalue weighted by atomic mass is 9.98. The molecule has 0 atom stereocenters. The van der Waals surface area contributed by atoms with Crippen molar-refractivity contribution in [2.75, 3.05) is 11.4 Å². The number of rotatable bonds is 1. The van der Waals surface area contributed by atoms with Gasteiger partial charge in [-0.3, -0.25) is 14.5 Å². The summed E-state index contributed by atoms with van der Waals surface area (Å²) in [4.78, 5) is 25.8. The van der Waals surface area contributed by atoms with Gasteiger partial charge in [0.15, 0.2) is 0 Å². The van der Waals surface area contributed by atoms with Crippen LogP contribution in [0.1, 0.15) is 36.8 Å². The molecule has 0 aromatic heterocycles. The minimum atomic E-state index is -0.0468. The third-order valence-electron chi connectivity index (χ3n) is 3.89. The largest absolute Gasteiger partial charge is 0.312 e. The van der Waals surface area contributed by atoms with Crippen LogP contribution < -0.4 is 10.2 Å². The van der Waals surface area contributed by atoms with Gasteiger partial charge in [-0.25, -0.2) is 0 Å². The van der Waals surface area contributed by atoms with E-state index in [0.717, 1.165) is 43.6 Å². The maximum absolute atomic E-state index is 12.2. The van der Waals surface area contributed by atoms with Gasteiger partial charge in [-0.1, -0.05) is 12.1 Å². The maximum Gasteiger partial charge on any atom is 0.233 e. The highest BCUT2D eigenvalue weighted by Gasteiger charge is 2.28. The van der Waals surface area contributed by atoms with Gasteiger partial charge in [0, 0.05) is 19.4 Å². The minimum absolute atomic E-state index is 0.0468. The lowest BCUT2D eigenvalue weighted by Gasteiger charge is -2.26. The fourth-order valence-electron chi connectivity index (χ4n) is 2.91. The van der Waals surface area contributed by atoms with Crippen molar-refractivity contribution in [3.63, 3.8) is 0 Å². The minimum Gasteiger partial charge on any atom is -0.312 e. The van der Waals surface area contributed by atoms with Gasteiger partial charge < -0.3 is 5.32 Å². The number of imide groups is 1. The van der Waals surface area contributed by atoms with E-state index < -0.39 is 0 Å². The summed E-state index contributed by atoms with van der Waals surface area (Å²) in [5.74, 6) is -0.0936. The number of fused-ring (bicyclic) bond motifs is 1. The average Bonchev–Trinajstić information content (AvgIpc) is 2.60. The van der Waals surface area contributed by atoms with Crippen molar-refractivity contribution in [1.29, 1.82) is 0 Å². The Labute approximate surface area is 112 Å². The first-order valence-corrected chi connectivity index (χ1v) is 6.94. The number of hydrogen-bond donors (Lipinski definition) is 1. The van der Waals surface area contributed by atoms with Crippen LogP contribution in [0.2, 0.25) is 0 Å². The highest BCUT2D eigenvalue weighted by atomic mass is 16.2. The number of carbonyl (C=O) groups excluding carboxylic acids is 2. The van der Waals surface area contributed by atoms with Gasteiger partial charge in [0.25, 0.3) is 0 Å². The second kappa shape index (κ2) is 5.13. The molecule has 1 saturated heterocycles. The molecule has 0 spiro atoms. The summed E-state index contributed by atoms with van der Waals surface area (Å²) in [6, 6.07) is 5.91. The van der Waals surface area contributed by atoms with Crippen molar-refractivity contribution >= 4 is 17.5 Å². The van der Waals surface area contributed by atoms with Gasteiger partial charge in [0.2, 0.25) is 11.8 Å². The summed E-state index contributed by atoms with van der Waals surface area (Å²) in [6.07, 6.45) is 3.47. The summed E-state index contributed by atoms with van der Waals surface area (Å²) in [6.45, 7) is 1.72. The molecule has 1 aromatic rings. The number of amides is 2. The monoisotopic (exact) mass is 258 g/mol. The van der Waals surface area contributed by atoms with Crippen LogP contribution in [-0.2, 0) is 22.6 Å². The van der Waals surface area contributed by atoms with Crippen LogP contribution in [0.4, 0.5) is 5.69 Å². The average molecular weight is 258 g/mol. The zero-order chi connectivity index (χ0) is 13.2. The normalized spacial score (nSPS) is 20.1. The Hall–Kier alpha value is -1.68. The number of carbonyl (C=O) groups is 2. The van der Waals surface area contributed by atoms with Crippen LogP contribution in [0, 0.1) is 0 Å². The van der Waals surface area contributed by atoms with E-state index in [9.17, 15) is 9.59 Å². The molecule has 2 heterocycles. The second-order valence-corrected chi connectivity index (χ2v) is 5.17. The van der Waals surface area contributed by atoms with Gasteiger partial charge >= 0.3 is 0 Å². The molecule has 1 aromatic carbocycles. The highest BCUT2D eigenvalue weighted by molar-refractivity contribution is 6.15. The van der Waals surface area contributed by atoms with Crippen LogP contribution in [0.3, 0.4) is 0 Å². The van der Waals surface area contributed by atoms with Gasteiger partial charge in [-0.15, -0.1) is 0 Å². The van der Waals surface area contributed by atoms with E-state index in [0.29, 0.717) is 12.8 Å². The number of hydrogen-bond acceptors (Lipinski definition) is 3. The van der Waals surface area contributed by atoms with Gasteiger partial charge in [0.05, 0.1) is 5.69 Å². The zero-order valence-electron chi connectivity index (χ0n) is 10.9. The van der Waals surface area contributed by atoms with Crippen molar-refractivity contribution in [1.82, 2.24) is 5.32 Å². The predicted molar refractivity (Wildman–Crippen MR) is 72.8 cm³/mol. The lowest BCUT2D eigenvalue weighted by Crippen LogP contribution is -2.37. The van der Waals surface area contributed by atoms with Crippen molar-refractivity contribution in [2.24, 2.45) is 0 Å². The molecule has 2 aliphatic rings. The van der Waals surface area contributed by atoms with E-state index in [2.05, 4.69) is 11.4 Å². The molecule has 0 saturated carbocycles. The summed E-state index contributed by atoms with van der Waals surface area (Å²) < 4.78 is 0. The molecule has 2 amide bonds. The van der Waals surface area contributed by atoms with Crippen molar-refractivity contribution < 1.29 is 9.59 Å². The van der Waals surface area contributed by atoms with E-state index in [1.54, 1.807) is 0 Å². The molecule has 4 heteroatoms. The molecule has 100 valence electrons. The molecule has 1 fully saturated rings. The smallest absolute Gasteiger partial charge is 0.233 e. The lowest BCUT2D eigenvalue weighted by molar-refractivity contribution is -0.125. The Morgan fingerprint density at radius 3 is 2.47 bits per heavy atom. The van der Waals surface area contributed by atoms with Gasteiger partial charge in [0.1, 0.15) is 0 Å². The number of anilines is 1. The second-order valence-electron chi connectivity index (χ2n) is 5.17. The molecular weight excluding hydrogens is 240 g/mol. The Balaban J connectivity index is 2.04. The quantitative estimate of drug-likeness (QED) is 0.781. The van der Waals surface area contributed by atoms with Crippen LogP contribution in [-0.4, -0.2) is 18.4 Å². The Kier molecular flexibility index (Phi) is 3.34. The van der Waals surface area contributed by atoms with Crippen molar-refractivity contribution in [2.45, 2.75) is 38.6 Å². The van der Waals surface area contributed by atoms with Crippen LogP contribution in [0.5, 0.6) is 0 Å². The van der Waals surface area contributed by atoms with Crippen LogP contribution in [0.15, 0.2) is 18.2 Å². The summed E-state index contributed by atoms with van der Waals surface area (Å²) >= 11 is 0. The molecule has 3 rings (SSSR count). The first kappa shape index (κ1) is 12.4. The molecule has 0 aliphatic carbocycles. The first-order chi connectivity index (χ1) is 9.27. The molecule has 0 radical (unpaired) electrons. The molecular formula is C15H18N2O2. The molecule has 0 unspecified atom stereocenters. The summed E-state index contributed by atoms with van der Waals surface area (Å²) in [5.41, 5.74) is 3.18. The van der Waals surface area contributed by atoms with Gasteiger partial charge in [-0.2, -0.15) is 0 Å². The standard InChI is InChI=1S/C15H18N2O2/c18-14-6-1-2-7-15(19)17(14)13-5-3-4-11-10-16-9-8-12(11)13/h3-5,16H,1-2,6-10H2. The maximum atomic E-state index is 12.2. The molecule has 4 nitrogen and oxygen atoms in total. The Morgan fingerprint density at radius 1 is 1.00 bits per heavy atom. The van der Waals surface area contributed by atoms with Crippen molar-refractivity contribution in [3.8, 4) is 0 Å². The molecule has 1 N–H and O–H groups in total. The highest BCUT2D eigenvalue weighted by Crippen LogP contribution is 2.29. The SMILES string of the molecule is O=C1CCCCC(=O)N1c1cccc2c1CCNC2. The third kappa shape index (κ3) is 2.28. The Bertz CT molecular complexity index is 507. The predicted octanol–water partition coefficient (Wildman–Crippen LogP) is 1.77. The zero-order valence-corrected chi connectivity index (χ0v) is 10.9. The topological polar surface area (TPSA) is 49.4 Å². The van der Waals surface area contributed by atoms with Gasteiger partial charge in [-0.05, 0) is 43.0 Å². The first-order valence-electron chi connectivity index (χ1n) is 6.94. The fraction of sp³-hybridized carbons (Fsp3) is 0.467. The summed E-state index contributed by atoms with van der Waals surface area (Å²) in [5, 5.41) is 3.32. The van der Waals surface area contributed by atoms with E-state index in [1.807, 2.05) is 12.1 Å².